The summed E-state index contributed by atoms with van der Waals surface area (Å²) >= 11 is 0. The van der Waals surface area contributed by atoms with Crippen molar-refractivity contribution < 1.29 is 8.78 Å². The van der Waals surface area contributed by atoms with Crippen LogP contribution in [0.25, 0.3) is 0 Å². The molecule has 0 heterocycles. The third kappa shape index (κ3) is 3.48. The van der Waals surface area contributed by atoms with Crippen molar-refractivity contribution in [2.45, 2.75) is 38.3 Å². The summed E-state index contributed by atoms with van der Waals surface area (Å²) in [6.07, 6.45) is 2.62. The zero-order chi connectivity index (χ0) is 14.8. The highest BCUT2D eigenvalue weighted by atomic mass is 19.2. The van der Waals surface area contributed by atoms with Gasteiger partial charge in [-0.25, -0.2) is 8.78 Å². The van der Waals surface area contributed by atoms with Gasteiger partial charge in [-0.05, 0) is 54.5 Å². The molecule has 110 valence electrons. The summed E-state index contributed by atoms with van der Waals surface area (Å²) in [7, 11) is 0. The van der Waals surface area contributed by atoms with Crippen molar-refractivity contribution in [1.29, 1.82) is 0 Å². The van der Waals surface area contributed by atoms with Gasteiger partial charge < -0.3 is 5.32 Å². The van der Waals surface area contributed by atoms with Crippen molar-refractivity contribution in [1.82, 2.24) is 5.32 Å². The molecule has 0 spiro atoms. The van der Waals surface area contributed by atoms with E-state index in [1.807, 2.05) is 6.92 Å². The molecule has 2 aromatic carbocycles. The van der Waals surface area contributed by atoms with E-state index in [0.29, 0.717) is 6.54 Å². The molecule has 0 bridgehead atoms. The first kappa shape index (κ1) is 14.2. The molecule has 3 heteroatoms. The molecule has 0 amide bonds. The van der Waals surface area contributed by atoms with Crippen LogP contribution in [0.3, 0.4) is 0 Å². The Balaban J connectivity index is 1.59. The maximum Gasteiger partial charge on any atom is 0.159 e. The molecule has 21 heavy (non-hydrogen) atoms. The Kier molecular flexibility index (Phi) is 4.02. The van der Waals surface area contributed by atoms with E-state index in [0.717, 1.165) is 11.5 Å². The van der Waals surface area contributed by atoms with Crippen LogP contribution in [0.4, 0.5) is 8.78 Å². The first-order valence-electron chi connectivity index (χ1n) is 7.40. The van der Waals surface area contributed by atoms with Gasteiger partial charge in [0.25, 0.3) is 0 Å². The van der Waals surface area contributed by atoms with E-state index in [2.05, 4.69) is 29.6 Å². The van der Waals surface area contributed by atoms with Crippen LogP contribution in [0.5, 0.6) is 0 Å². The van der Waals surface area contributed by atoms with Gasteiger partial charge in [0.2, 0.25) is 0 Å². The largest absolute Gasteiger partial charge is 0.306 e. The van der Waals surface area contributed by atoms with Gasteiger partial charge in [-0.1, -0.05) is 30.3 Å². The van der Waals surface area contributed by atoms with E-state index >= 15 is 0 Å². The molecule has 1 atom stereocenters. The summed E-state index contributed by atoms with van der Waals surface area (Å²) in [4.78, 5) is 0. The van der Waals surface area contributed by atoms with Gasteiger partial charge in [0.15, 0.2) is 11.6 Å². The minimum Gasteiger partial charge on any atom is -0.306 e. The molecule has 0 radical (unpaired) electrons. The second-order valence-electron chi connectivity index (χ2n) is 5.79. The minimum absolute atomic E-state index is 0.0248. The van der Waals surface area contributed by atoms with Crippen molar-refractivity contribution in [3.63, 3.8) is 0 Å². The monoisotopic (exact) mass is 287 g/mol. The Hall–Kier alpha value is -1.74. The highest BCUT2D eigenvalue weighted by molar-refractivity contribution is 5.28. The van der Waals surface area contributed by atoms with Gasteiger partial charge in [0.1, 0.15) is 0 Å². The van der Waals surface area contributed by atoms with Crippen molar-refractivity contribution in [2.75, 3.05) is 0 Å². The predicted molar refractivity (Wildman–Crippen MR) is 80.0 cm³/mol. The summed E-state index contributed by atoms with van der Waals surface area (Å²) in [5, 5.41) is 3.34. The lowest BCUT2D eigenvalue weighted by molar-refractivity contribution is 0.500. The van der Waals surface area contributed by atoms with Crippen LogP contribution < -0.4 is 5.32 Å². The molecule has 0 saturated heterocycles. The molecular formula is C18H19F2N. The fourth-order valence-electron chi connectivity index (χ4n) is 2.49. The number of hydrogen-bond acceptors (Lipinski definition) is 1. The van der Waals surface area contributed by atoms with Gasteiger partial charge in [0.05, 0.1) is 0 Å². The smallest absolute Gasteiger partial charge is 0.159 e. The van der Waals surface area contributed by atoms with E-state index in [4.69, 9.17) is 0 Å². The second-order valence-corrected chi connectivity index (χ2v) is 5.79. The molecule has 1 N–H and O–H groups in total. The van der Waals surface area contributed by atoms with Crippen molar-refractivity contribution in [2.24, 2.45) is 0 Å². The normalized spacial score (nSPS) is 16.0. The summed E-state index contributed by atoms with van der Waals surface area (Å²) in [6.45, 7) is 2.66. The molecule has 1 unspecified atom stereocenters. The van der Waals surface area contributed by atoms with E-state index in [1.54, 1.807) is 6.07 Å². The number of hydrogen-bond donors (Lipinski definition) is 1. The highest BCUT2D eigenvalue weighted by Crippen LogP contribution is 2.39. The Bertz CT molecular complexity index is 618. The highest BCUT2D eigenvalue weighted by Gasteiger charge is 2.22. The first-order chi connectivity index (χ1) is 10.1. The summed E-state index contributed by atoms with van der Waals surface area (Å²) in [5.41, 5.74) is 3.38. The zero-order valence-corrected chi connectivity index (χ0v) is 12.1. The summed E-state index contributed by atoms with van der Waals surface area (Å²) in [5.74, 6) is -0.829. The average Bonchev–Trinajstić information content (AvgIpc) is 3.33. The van der Waals surface area contributed by atoms with E-state index < -0.39 is 11.6 Å². The molecule has 3 rings (SSSR count). The molecule has 1 fully saturated rings. The number of nitrogens with one attached hydrogen (secondary N) is 1. The second kappa shape index (κ2) is 5.94. The van der Waals surface area contributed by atoms with Crippen LogP contribution in [-0.2, 0) is 6.54 Å². The topological polar surface area (TPSA) is 12.0 Å². The first-order valence-corrected chi connectivity index (χ1v) is 7.40. The Morgan fingerprint density at radius 3 is 2.38 bits per heavy atom. The number of rotatable bonds is 5. The summed E-state index contributed by atoms with van der Waals surface area (Å²) in [6, 6.07) is 12.7. The van der Waals surface area contributed by atoms with Crippen LogP contribution >= 0.6 is 0 Å². The SMILES string of the molecule is CC(NCc1ccc(C2CC2)cc1)c1ccc(F)c(F)c1. The average molecular weight is 287 g/mol. The number of benzene rings is 2. The van der Waals surface area contributed by atoms with Crippen LogP contribution in [0, 0.1) is 11.6 Å². The third-order valence-corrected chi connectivity index (χ3v) is 4.08. The maximum atomic E-state index is 13.2. The summed E-state index contributed by atoms with van der Waals surface area (Å²) < 4.78 is 26.2. The standard InChI is InChI=1S/C18H19F2N/c1-12(16-8-9-17(19)18(20)10-16)21-11-13-2-4-14(5-3-13)15-6-7-15/h2-5,8-10,12,15,21H,6-7,11H2,1H3. The molecule has 1 nitrogen and oxygen atoms in total. The predicted octanol–water partition coefficient (Wildman–Crippen LogP) is 4.69. The van der Waals surface area contributed by atoms with Crippen molar-refractivity contribution >= 4 is 0 Å². The van der Waals surface area contributed by atoms with Crippen LogP contribution in [0.2, 0.25) is 0 Å². The van der Waals surface area contributed by atoms with Gasteiger partial charge in [-0.3, -0.25) is 0 Å². The Labute approximate surface area is 124 Å². The quantitative estimate of drug-likeness (QED) is 0.841. The third-order valence-electron chi connectivity index (χ3n) is 4.08. The Morgan fingerprint density at radius 1 is 1.05 bits per heavy atom. The fraction of sp³-hybridized carbons (Fsp3) is 0.333. The molecule has 1 aliphatic carbocycles. The molecule has 1 saturated carbocycles. The zero-order valence-electron chi connectivity index (χ0n) is 12.1. The van der Waals surface area contributed by atoms with Gasteiger partial charge in [-0.2, -0.15) is 0 Å². The van der Waals surface area contributed by atoms with Gasteiger partial charge in [0, 0.05) is 12.6 Å². The molecule has 0 aromatic heterocycles. The van der Waals surface area contributed by atoms with Crippen LogP contribution in [-0.4, -0.2) is 0 Å². The fourth-order valence-corrected chi connectivity index (χ4v) is 2.49. The van der Waals surface area contributed by atoms with Crippen LogP contribution in [0.15, 0.2) is 42.5 Å². The molecule has 1 aliphatic rings. The van der Waals surface area contributed by atoms with E-state index in [9.17, 15) is 8.78 Å². The lowest BCUT2D eigenvalue weighted by Gasteiger charge is -2.15. The molecule has 0 aliphatic heterocycles. The van der Waals surface area contributed by atoms with E-state index in [-0.39, 0.29) is 6.04 Å². The lowest BCUT2D eigenvalue weighted by atomic mass is 10.1. The van der Waals surface area contributed by atoms with E-state index in [1.165, 1.54) is 36.1 Å². The molecular weight excluding hydrogens is 268 g/mol. The minimum atomic E-state index is -0.804. The number of halogens is 2. The van der Waals surface area contributed by atoms with Crippen molar-refractivity contribution in [3.05, 3.63) is 70.8 Å². The van der Waals surface area contributed by atoms with Gasteiger partial charge in [-0.15, -0.1) is 0 Å². The van der Waals surface area contributed by atoms with Crippen LogP contribution in [0.1, 0.15) is 48.4 Å². The molecule has 2 aromatic rings. The lowest BCUT2D eigenvalue weighted by Crippen LogP contribution is -2.18. The van der Waals surface area contributed by atoms with Crippen molar-refractivity contribution in [3.8, 4) is 0 Å². The Morgan fingerprint density at radius 2 is 1.76 bits per heavy atom. The van der Waals surface area contributed by atoms with Gasteiger partial charge >= 0.3 is 0 Å². The maximum absolute atomic E-state index is 13.2.